The Balaban J connectivity index is 1.51. The summed E-state index contributed by atoms with van der Waals surface area (Å²) in [6, 6.07) is 11.7. The zero-order valence-corrected chi connectivity index (χ0v) is 15.2. The lowest BCUT2D eigenvalue weighted by Crippen LogP contribution is -2.43. The summed E-state index contributed by atoms with van der Waals surface area (Å²) < 4.78 is 1.93. The Kier molecular flexibility index (Phi) is 4.45. The molecule has 1 aliphatic rings. The lowest BCUT2D eigenvalue weighted by Gasteiger charge is -2.34. The molecule has 0 spiro atoms. The topological polar surface area (TPSA) is 59.8 Å². The van der Waals surface area contributed by atoms with Gasteiger partial charge in [0.25, 0.3) is 5.91 Å². The van der Waals surface area contributed by atoms with Crippen LogP contribution in [0.25, 0.3) is 16.9 Å². The average molecular weight is 348 g/mol. The van der Waals surface area contributed by atoms with Gasteiger partial charge in [-0.15, -0.1) is 0 Å². The molecule has 26 heavy (non-hydrogen) atoms. The van der Waals surface area contributed by atoms with E-state index in [0.29, 0.717) is 17.4 Å². The smallest absolute Gasteiger partial charge is 0.251 e. The van der Waals surface area contributed by atoms with Crippen molar-refractivity contribution < 1.29 is 4.79 Å². The number of imidazole rings is 1. The van der Waals surface area contributed by atoms with Gasteiger partial charge in [-0.05, 0) is 54.7 Å². The molecule has 1 N–H and O–H groups in total. The van der Waals surface area contributed by atoms with Crippen molar-refractivity contribution in [2.45, 2.75) is 39.2 Å². The number of fused-ring (bicyclic) bond motifs is 1. The number of hydrogen-bond acceptors (Lipinski definition) is 3. The van der Waals surface area contributed by atoms with Gasteiger partial charge in [0.2, 0.25) is 0 Å². The minimum atomic E-state index is 0.0103. The highest BCUT2D eigenvalue weighted by Gasteiger charge is 2.28. The molecule has 0 radical (unpaired) electrons. The van der Waals surface area contributed by atoms with Gasteiger partial charge in [0, 0.05) is 23.5 Å². The van der Waals surface area contributed by atoms with Crippen LogP contribution in [0.1, 0.15) is 43.5 Å². The number of nitrogens with zero attached hydrogens (tertiary/aromatic N) is 3. The molecule has 1 aliphatic carbocycles. The second-order valence-electron chi connectivity index (χ2n) is 7.35. The molecule has 0 saturated heterocycles. The third-order valence-electron chi connectivity index (χ3n) is 5.74. The summed E-state index contributed by atoms with van der Waals surface area (Å²) in [7, 11) is 0. The van der Waals surface area contributed by atoms with Crippen LogP contribution in [0.15, 0.2) is 48.9 Å². The number of amides is 1. The van der Waals surface area contributed by atoms with Crippen molar-refractivity contribution >= 4 is 17.1 Å². The Morgan fingerprint density at radius 2 is 1.92 bits per heavy atom. The minimum Gasteiger partial charge on any atom is -0.349 e. The normalized spacial score (nSPS) is 23.1. The molecule has 5 heteroatoms. The first-order chi connectivity index (χ1) is 12.6. The number of nitrogens with one attached hydrogen (secondary N) is 1. The van der Waals surface area contributed by atoms with E-state index in [2.05, 4.69) is 29.1 Å². The summed E-state index contributed by atoms with van der Waals surface area (Å²) in [6.07, 6.45) is 7.04. The molecule has 1 saturated carbocycles. The second-order valence-corrected chi connectivity index (χ2v) is 7.35. The average Bonchev–Trinajstić information content (AvgIpc) is 3.10. The number of pyridine rings is 1. The van der Waals surface area contributed by atoms with Crippen LogP contribution >= 0.6 is 0 Å². The molecule has 1 fully saturated rings. The van der Waals surface area contributed by atoms with Crippen molar-refractivity contribution in [3.8, 4) is 5.69 Å². The van der Waals surface area contributed by atoms with E-state index < -0.39 is 0 Å². The van der Waals surface area contributed by atoms with Crippen LogP contribution in [-0.2, 0) is 0 Å². The minimum absolute atomic E-state index is 0.0103. The van der Waals surface area contributed by atoms with Crippen LogP contribution < -0.4 is 5.32 Å². The van der Waals surface area contributed by atoms with Gasteiger partial charge in [-0.1, -0.05) is 26.7 Å². The van der Waals surface area contributed by atoms with E-state index in [9.17, 15) is 4.79 Å². The van der Waals surface area contributed by atoms with Crippen molar-refractivity contribution in [1.29, 1.82) is 0 Å². The predicted molar refractivity (Wildman–Crippen MR) is 102 cm³/mol. The summed E-state index contributed by atoms with van der Waals surface area (Å²) in [6.45, 7) is 4.52. The molecular weight excluding hydrogens is 324 g/mol. The maximum atomic E-state index is 12.6. The summed E-state index contributed by atoms with van der Waals surface area (Å²) in [4.78, 5) is 21.4. The van der Waals surface area contributed by atoms with Crippen molar-refractivity contribution in [2.75, 3.05) is 0 Å². The van der Waals surface area contributed by atoms with Crippen LogP contribution in [0.3, 0.4) is 0 Å². The Labute approximate surface area is 153 Å². The largest absolute Gasteiger partial charge is 0.349 e. The lowest BCUT2D eigenvalue weighted by molar-refractivity contribution is 0.0891. The Bertz CT molecular complexity index is 915. The fraction of sp³-hybridized carbons (Fsp3) is 0.381. The molecule has 0 bridgehead atoms. The van der Waals surface area contributed by atoms with E-state index in [4.69, 9.17) is 0 Å². The third-order valence-corrected chi connectivity index (χ3v) is 5.74. The Morgan fingerprint density at radius 1 is 1.12 bits per heavy atom. The van der Waals surface area contributed by atoms with E-state index >= 15 is 0 Å². The summed E-state index contributed by atoms with van der Waals surface area (Å²) in [5, 5.41) is 3.23. The fourth-order valence-corrected chi connectivity index (χ4v) is 3.85. The summed E-state index contributed by atoms with van der Waals surface area (Å²) >= 11 is 0. The Hall–Kier alpha value is -2.69. The molecule has 2 heterocycles. The quantitative estimate of drug-likeness (QED) is 0.779. The highest BCUT2D eigenvalue weighted by Crippen LogP contribution is 2.29. The molecule has 0 aliphatic heterocycles. The fourth-order valence-electron chi connectivity index (χ4n) is 3.85. The van der Waals surface area contributed by atoms with E-state index in [1.165, 1.54) is 12.8 Å². The van der Waals surface area contributed by atoms with Gasteiger partial charge < -0.3 is 5.32 Å². The highest BCUT2D eigenvalue weighted by molar-refractivity contribution is 5.94. The number of aromatic nitrogens is 3. The first-order valence-corrected chi connectivity index (χ1v) is 9.33. The Morgan fingerprint density at radius 3 is 2.73 bits per heavy atom. The molecule has 1 amide bonds. The van der Waals surface area contributed by atoms with Crippen LogP contribution in [-0.4, -0.2) is 26.5 Å². The van der Waals surface area contributed by atoms with E-state index in [1.54, 1.807) is 12.5 Å². The standard InChI is InChI=1S/C21H24N4O/c1-14-5-3-6-18(15(14)2)24-21(26)16-8-10-17(11-9-16)25-13-23-19-7-4-12-22-20(19)25/h4,7-15,18H,3,5-6H2,1-2H3,(H,24,26)/t14-,15-,18-/m1/s1. The second kappa shape index (κ2) is 6.90. The van der Waals surface area contributed by atoms with E-state index in [0.717, 1.165) is 23.3 Å². The van der Waals surface area contributed by atoms with Crippen molar-refractivity contribution in [3.63, 3.8) is 0 Å². The molecule has 3 atom stereocenters. The first kappa shape index (κ1) is 16.8. The molecule has 134 valence electrons. The maximum Gasteiger partial charge on any atom is 0.251 e. The number of benzene rings is 1. The van der Waals surface area contributed by atoms with Crippen LogP contribution in [0.2, 0.25) is 0 Å². The zero-order chi connectivity index (χ0) is 18.1. The first-order valence-electron chi connectivity index (χ1n) is 9.33. The SMILES string of the molecule is C[C@@H]1[C@H](C)CCC[C@H]1NC(=O)c1ccc(-n2cnc3cccnc32)cc1. The van der Waals surface area contributed by atoms with Gasteiger partial charge in [0.1, 0.15) is 11.8 Å². The van der Waals surface area contributed by atoms with Gasteiger partial charge in [-0.3, -0.25) is 9.36 Å². The highest BCUT2D eigenvalue weighted by atomic mass is 16.1. The van der Waals surface area contributed by atoms with Crippen molar-refractivity contribution in [2.24, 2.45) is 11.8 Å². The maximum absolute atomic E-state index is 12.6. The van der Waals surface area contributed by atoms with Crippen LogP contribution in [0.5, 0.6) is 0 Å². The summed E-state index contributed by atoms with van der Waals surface area (Å²) in [5.41, 5.74) is 3.31. The van der Waals surface area contributed by atoms with Crippen molar-refractivity contribution in [1.82, 2.24) is 19.9 Å². The number of rotatable bonds is 3. The molecular formula is C21H24N4O. The molecule has 0 unspecified atom stereocenters. The monoisotopic (exact) mass is 348 g/mol. The zero-order valence-electron chi connectivity index (χ0n) is 15.2. The van der Waals surface area contributed by atoms with Crippen LogP contribution in [0, 0.1) is 11.8 Å². The van der Waals surface area contributed by atoms with Gasteiger partial charge >= 0.3 is 0 Å². The summed E-state index contributed by atoms with van der Waals surface area (Å²) in [5.74, 6) is 1.20. The predicted octanol–water partition coefficient (Wildman–Crippen LogP) is 3.98. The van der Waals surface area contributed by atoms with Gasteiger partial charge in [0.05, 0.1) is 0 Å². The van der Waals surface area contributed by atoms with Gasteiger partial charge in [-0.2, -0.15) is 0 Å². The molecule has 2 aromatic heterocycles. The third kappa shape index (κ3) is 3.09. The van der Waals surface area contributed by atoms with Crippen LogP contribution in [0.4, 0.5) is 0 Å². The molecule has 5 nitrogen and oxygen atoms in total. The lowest BCUT2D eigenvalue weighted by atomic mass is 9.78. The molecule has 3 aromatic rings. The molecule has 4 rings (SSSR count). The van der Waals surface area contributed by atoms with Gasteiger partial charge in [-0.25, -0.2) is 9.97 Å². The number of carbonyl (C=O) groups excluding carboxylic acids is 1. The van der Waals surface area contributed by atoms with Crippen molar-refractivity contribution in [3.05, 3.63) is 54.5 Å². The number of carbonyl (C=O) groups is 1. The van der Waals surface area contributed by atoms with E-state index in [1.807, 2.05) is 41.0 Å². The van der Waals surface area contributed by atoms with E-state index in [-0.39, 0.29) is 11.9 Å². The number of hydrogen-bond donors (Lipinski definition) is 1. The molecule has 1 aromatic carbocycles. The van der Waals surface area contributed by atoms with Gasteiger partial charge in [0.15, 0.2) is 5.65 Å².